The molecule has 1 aromatic heterocycles. The lowest BCUT2D eigenvalue weighted by Gasteiger charge is -2.13. The summed E-state index contributed by atoms with van der Waals surface area (Å²) >= 11 is 0. The van der Waals surface area contributed by atoms with Gasteiger partial charge < -0.3 is 9.84 Å². The highest BCUT2D eigenvalue weighted by molar-refractivity contribution is 7.92. The van der Waals surface area contributed by atoms with Gasteiger partial charge in [-0.25, -0.2) is 0 Å². The number of carbonyl (C=O) groups is 1. The predicted octanol–water partition coefficient (Wildman–Crippen LogP) is 1.25. The van der Waals surface area contributed by atoms with Crippen molar-refractivity contribution >= 4 is 21.7 Å². The van der Waals surface area contributed by atoms with Gasteiger partial charge in [0.15, 0.2) is 5.03 Å². The van der Waals surface area contributed by atoms with E-state index in [-0.39, 0.29) is 17.1 Å². The monoisotopic (exact) mass is 339 g/mol. The summed E-state index contributed by atoms with van der Waals surface area (Å²) in [4.78, 5) is 10.7. The first kappa shape index (κ1) is 16.8. The van der Waals surface area contributed by atoms with Crippen molar-refractivity contribution in [3.63, 3.8) is 0 Å². The van der Waals surface area contributed by atoms with Crippen LogP contribution in [0, 0.1) is 0 Å². The Kier molecular flexibility index (Phi) is 4.89. The van der Waals surface area contributed by atoms with Gasteiger partial charge in [-0.05, 0) is 30.2 Å². The number of carboxylic acids is 1. The summed E-state index contributed by atoms with van der Waals surface area (Å²) in [5.41, 5.74) is 0.937. The first-order valence-electron chi connectivity index (χ1n) is 6.73. The SMILES string of the molecule is COc1ccc(CCC(=O)O)cc1NS(=O)(=O)c1ccnn1C. The van der Waals surface area contributed by atoms with Crippen LogP contribution in [0.4, 0.5) is 5.69 Å². The number of ether oxygens (including phenoxy) is 1. The average molecular weight is 339 g/mol. The second-order valence-electron chi connectivity index (χ2n) is 4.83. The summed E-state index contributed by atoms with van der Waals surface area (Å²) in [5, 5.41) is 12.6. The minimum atomic E-state index is -3.83. The Balaban J connectivity index is 2.32. The Bertz CT molecular complexity index is 814. The molecule has 0 saturated carbocycles. The molecule has 124 valence electrons. The predicted molar refractivity (Wildman–Crippen MR) is 83.0 cm³/mol. The summed E-state index contributed by atoms with van der Waals surface area (Å²) in [5.74, 6) is -0.576. The zero-order valence-electron chi connectivity index (χ0n) is 12.7. The highest BCUT2D eigenvalue weighted by Crippen LogP contribution is 2.28. The van der Waals surface area contributed by atoms with Crippen LogP contribution in [0.2, 0.25) is 0 Å². The number of nitrogens with zero attached hydrogens (tertiary/aromatic N) is 2. The van der Waals surface area contributed by atoms with Gasteiger partial charge in [-0.2, -0.15) is 13.5 Å². The van der Waals surface area contributed by atoms with E-state index in [0.717, 1.165) is 0 Å². The van der Waals surface area contributed by atoms with Crippen molar-refractivity contribution in [2.24, 2.45) is 7.05 Å². The standard InChI is InChI=1S/C14H17N3O5S/c1-17-13(7-8-15-17)23(20,21)16-11-9-10(4-6-14(18)19)3-5-12(11)22-2/h3,5,7-9,16H,4,6H2,1-2H3,(H,18,19). The number of aliphatic carboxylic acids is 1. The van der Waals surface area contributed by atoms with E-state index in [0.29, 0.717) is 17.7 Å². The largest absolute Gasteiger partial charge is 0.495 e. The quantitative estimate of drug-likeness (QED) is 0.785. The lowest BCUT2D eigenvalue weighted by atomic mass is 10.1. The molecule has 0 aliphatic rings. The third-order valence-electron chi connectivity index (χ3n) is 3.19. The van der Waals surface area contributed by atoms with Crippen molar-refractivity contribution in [2.45, 2.75) is 17.9 Å². The lowest BCUT2D eigenvalue weighted by Crippen LogP contribution is -2.17. The number of nitrogens with one attached hydrogen (secondary N) is 1. The van der Waals surface area contributed by atoms with Crippen molar-refractivity contribution < 1.29 is 23.1 Å². The number of hydrogen-bond donors (Lipinski definition) is 2. The van der Waals surface area contributed by atoms with Gasteiger partial charge in [-0.1, -0.05) is 6.07 Å². The number of anilines is 1. The minimum Gasteiger partial charge on any atom is -0.495 e. The third-order valence-corrected chi connectivity index (χ3v) is 4.63. The van der Waals surface area contributed by atoms with Crippen molar-refractivity contribution in [3.8, 4) is 5.75 Å². The number of aromatic nitrogens is 2. The minimum absolute atomic E-state index is 0.00971. The highest BCUT2D eigenvalue weighted by atomic mass is 32.2. The number of rotatable bonds is 7. The lowest BCUT2D eigenvalue weighted by molar-refractivity contribution is -0.136. The molecule has 0 aliphatic heterocycles. The van der Waals surface area contributed by atoms with Crippen LogP contribution in [0.1, 0.15) is 12.0 Å². The normalized spacial score (nSPS) is 11.2. The fourth-order valence-corrected chi connectivity index (χ4v) is 3.25. The van der Waals surface area contributed by atoms with Crippen LogP contribution >= 0.6 is 0 Å². The van der Waals surface area contributed by atoms with E-state index in [9.17, 15) is 13.2 Å². The van der Waals surface area contributed by atoms with Crippen LogP contribution in [0.3, 0.4) is 0 Å². The van der Waals surface area contributed by atoms with Crippen LogP contribution in [-0.2, 0) is 28.3 Å². The van der Waals surface area contributed by atoms with Gasteiger partial charge in [0.25, 0.3) is 10.0 Å². The molecule has 9 heteroatoms. The van der Waals surface area contributed by atoms with Gasteiger partial charge in [0, 0.05) is 13.5 Å². The molecule has 1 heterocycles. The van der Waals surface area contributed by atoms with Crippen molar-refractivity contribution in [2.75, 3.05) is 11.8 Å². The van der Waals surface area contributed by atoms with Gasteiger partial charge in [0.05, 0.1) is 19.0 Å². The highest BCUT2D eigenvalue weighted by Gasteiger charge is 2.20. The molecule has 0 bridgehead atoms. The maximum atomic E-state index is 12.4. The van der Waals surface area contributed by atoms with Crippen molar-refractivity contribution in [1.29, 1.82) is 0 Å². The van der Waals surface area contributed by atoms with E-state index in [1.807, 2.05) is 0 Å². The molecule has 0 unspecified atom stereocenters. The molecule has 0 amide bonds. The second kappa shape index (κ2) is 6.69. The average Bonchev–Trinajstić information content (AvgIpc) is 2.92. The number of benzene rings is 1. The number of hydrogen-bond acceptors (Lipinski definition) is 5. The molecule has 2 rings (SSSR count). The molecule has 23 heavy (non-hydrogen) atoms. The Morgan fingerprint density at radius 2 is 2.13 bits per heavy atom. The van der Waals surface area contributed by atoms with E-state index < -0.39 is 16.0 Å². The maximum absolute atomic E-state index is 12.4. The van der Waals surface area contributed by atoms with Crippen LogP contribution in [0.25, 0.3) is 0 Å². The number of carboxylic acid groups (broad SMARTS) is 1. The van der Waals surface area contributed by atoms with Crippen LogP contribution in [0.15, 0.2) is 35.5 Å². The molecule has 0 atom stereocenters. The number of sulfonamides is 1. The smallest absolute Gasteiger partial charge is 0.303 e. The van der Waals surface area contributed by atoms with Gasteiger partial charge in [-0.3, -0.25) is 14.2 Å². The molecule has 0 aliphatic carbocycles. The first-order chi connectivity index (χ1) is 10.8. The topological polar surface area (TPSA) is 111 Å². The number of methoxy groups -OCH3 is 1. The molecular weight excluding hydrogens is 322 g/mol. The van der Waals surface area contributed by atoms with E-state index in [1.54, 1.807) is 18.2 Å². The molecule has 8 nitrogen and oxygen atoms in total. The van der Waals surface area contributed by atoms with Crippen molar-refractivity contribution in [1.82, 2.24) is 9.78 Å². The summed E-state index contributed by atoms with van der Waals surface area (Å²) < 4.78 is 33.7. The van der Waals surface area contributed by atoms with Crippen LogP contribution in [0.5, 0.6) is 5.75 Å². The van der Waals surface area contributed by atoms with E-state index in [4.69, 9.17) is 9.84 Å². The van der Waals surface area contributed by atoms with Gasteiger partial charge in [-0.15, -0.1) is 0 Å². The molecular formula is C14H17N3O5S. The zero-order chi connectivity index (χ0) is 17.0. The van der Waals surface area contributed by atoms with Crippen LogP contribution in [-0.4, -0.2) is 36.4 Å². The van der Waals surface area contributed by atoms with Gasteiger partial charge >= 0.3 is 5.97 Å². The van der Waals surface area contributed by atoms with Gasteiger partial charge in [0.2, 0.25) is 0 Å². The number of aryl methyl sites for hydroxylation is 2. The Hall–Kier alpha value is -2.55. The van der Waals surface area contributed by atoms with E-state index in [1.165, 1.54) is 31.1 Å². The molecule has 0 fully saturated rings. The molecule has 2 N–H and O–H groups in total. The van der Waals surface area contributed by atoms with Crippen LogP contribution < -0.4 is 9.46 Å². The Morgan fingerprint density at radius 3 is 2.70 bits per heavy atom. The molecule has 2 aromatic rings. The molecule has 0 saturated heterocycles. The third kappa shape index (κ3) is 4.01. The first-order valence-corrected chi connectivity index (χ1v) is 8.21. The Morgan fingerprint density at radius 1 is 1.39 bits per heavy atom. The summed E-state index contributed by atoms with van der Waals surface area (Å²) in [7, 11) is -0.880. The fraction of sp³-hybridized carbons (Fsp3) is 0.286. The summed E-state index contributed by atoms with van der Waals surface area (Å²) in [6, 6.07) is 6.24. The van der Waals surface area contributed by atoms with Crippen molar-refractivity contribution in [3.05, 3.63) is 36.0 Å². The second-order valence-corrected chi connectivity index (χ2v) is 6.46. The van der Waals surface area contributed by atoms with Gasteiger partial charge in [0.1, 0.15) is 5.75 Å². The zero-order valence-corrected chi connectivity index (χ0v) is 13.5. The molecule has 1 aromatic carbocycles. The van der Waals surface area contributed by atoms with E-state index >= 15 is 0 Å². The van der Waals surface area contributed by atoms with E-state index in [2.05, 4.69) is 9.82 Å². The molecule has 0 radical (unpaired) electrons. The summed E-state index contributed by atoms with van der Waals surface area (Å²) in [6.45, 7) is 0. The summed E-state index contributed by atoms with van der Waals surface area (Å²) in [6.07, 6.45) is 1.63. The fourth-order valence-electron chi connectivity index (χ4n) is 2.06. The maximum Gasteiger partial charge on any atom is 0.303 e. The Labute approximate surface area is 133 Å². The molecule has 0 spiro atoms.